The van der Waals surface area contributed by atoms with Gasteiger partial charge < -0.3 is 30.0 Å². The Hall–Kier alpha value is -4.63. The quantitative estimate of drug-likeness (QED) is 0.265. The highest BCUT2D eigenvalue weighted by Crippen LogP contribution is 2.39. The Bertz CT molecular complexity index is 1560. The molecule has 3 N–H and O–H groups in total. The highest BCUT2D eigenvalue weighted by atomic mass is 16.3. The number of aliphatic hydroxyl groups excluding tert-OH is 1. The Balaban J connectivity index is 1.20. The highest BCUT2D eigenvalue weighted by Gasteiger charge is 2.30. The third kappa shape index (κ3) is 6.16. The number of nitrogens with one attached hydrogen (secondary N) is 2. The van der Waals surface area contributed by atoms with Gasteiger partial charge in [-0.05, 0) is 55.2 Å². The molecule has 216 valence electrons. The molecule has 1 saturated carbocycles. The van der Waals surface area contributed by atoms with Crippen LogP contribution in [-0.4, -0.2) is 54.6 Å². The molecular weight excluding hydrogens is 530 g/mol. The third-order valence-corrected chi connectivity index (χ3v) is 7.90. The third-order valence-electron chi connectivity index (χ3n) is 7.90. The number of para-hydroxylation sites is 1. The van der Waals surface area contributed by atoms with Gasteiger partial charge in [0.1, 0.15) is 6.26 Å². The van der Waals surface area contributed by atoms with Crippen molar-refractivity contribution >= 4 is 28.9 Å². The van der Waals surface area contributed by atoms with Gasteiger partial charge in [-0.15, -0.1) is 0 Å². The molecule has 6 rings (SSSR count). The average Bonchev–Trinajstić information content (AvgIpc) is 3.76. The predicted molar refractivity (Wildman–Crippen MR) is 162 cm³/mol. The fourth-order valence-electron chi connectivity index (χ4n) is 5.34. The fraction of sp³-hybridized carbons (Fsp3) is 0.303. The monoisotopic (exact) mass is 565 g/mol. The molecule has 0 bridgehead atoms. The van der Waals surface area contributed by atoms with E-state index >= 15 is 0 Å². The minimum absolute atomic E-state index is 0.0655. The molecule has 4 aromatic rings. The van der Waals surface area contributed by atoms with Crippen molar-refractivity contribution in [1.82, 2.24) is 10.3 Å². The maximum absolute atomic E-state index is 13.2. The van der Waals surface area contributed by atoms with Crippen LogP contribution in [-0.2, 0) is 0 Å². The molecule has 2 aliphatic rings. The lowest BCUT2D eigenvalue weighted by atomic mass is 10.1. The summed E-state index contributed by atoms with van der Waals surface area (Å²) in [5.41, 5.74) is 5.15. The molecule has 0 radical (unpaired) electrons. The summed E-state index contributed by atoms with van der Waals surface area (Å²) >= 11 is 0. The van der Waals surface area contributed by atoms with Crippen molar-refractivity contribution in [1.29, 1.82) is 0 Å². The number of hydrogen-bond donors (Lipinski definition) is 3. The average molecular weight is 566 g/mol. The van der Waals surface area contributed by atoms with Gasteiger partial charge in [0.05, 0.1) is 17.5 Å². The summed E-state index contributed by atoms with van der Waals surface area (Å²) in [6.45, 7) is 5.34. The summed E-state index contributed by atoms with van der Waals surface area (Å²) in [6.07, 6.45) is 2.61. The summed E-state index contributed by atoms with van der Waals surface area (Å²) in [6, 6.07) is 22.9. The van der Waals surface area contributed by atoms with Crippen LogP contribution < -0.4 is 20.4 Å². The van der Waals surface area contributed by atoms with Gasteiger partial charge >= 0.3 is 0 Å². The molecule has 1 atom stereocenters. The van der Waals surface area contributed by atoms with Gasteiger partial charge in [0.25, 0.3) is 11.8 Å². The zero-order valence-corrected chi connectivity index (χ0v) is 23.6. The van der Waals surface area contributed by atoms with Crippen molar-refractivity contribution in [2.45, 2.75) is 31.8 Å². The molecule has 0 unspecified atom stereocenters. The number of aryl methyl sites for hydroxylation is 1. The number of rotatable bonds is 9. The van der Waals surface area contributed by atoms with Crippen LogP contribution >= 0.6 is 0 Å². The molecular formula is C33H35N5O4. The molecule has 2 fully saturated rings. The van der Waals surface area contributed by atoms with E-state index in [9.17, 15) is 14.7 Å². The molecule has 1 aliphatic carbocycles. The van der Waals surface area contributed by atoms with E-state index in [0.717, 1.165) is 50.3 Å². The van der Waals surface area contributed by atoms with E-state index in [1.54, 1.807) is 12.1 Å². The minimum atomic E-state index is -0.828. The second-order valence-electron chi connectivity index (χ2n) is 10.9. The first-order valence-corrected chi connectivity index (χ1v) is 14.4. The maximum Gasteiger partial charge on any atom is 0.277 e. The fourth-order valence-corrected chi connectivity index (χ4v) is 5.34. The summed E-state index contributed by atoms with van der Waals surface area (Å²) in [7, 11) is 0. The number of aliphatic hydroxyl groups is 1. The number of piperazine rings is 1. The zero-order valence-electron chi connectivity index (χ0n) is 23.6. The van der Waals surface area contributed by atoms with Gasteiger partial charge in [0, 0.05) is 49.9 Å². The lowest BCUT2D eigenvalue weighted by Crippen LogP contribution is -2.47. The van der Waals surface area contributed by atoms with Gasteiger partial charge in [0.2, 0.25) is 0 Å². The molecule has 1 saturated heterocycles. The number of carbonyl (C=O) groups is 2. The first-order valence-electron chi connectivity index (χ1n) is 14.4. The van der Waals surface area contributed by atoms with Gasteiger partial charge in [0.15, 0.2) is 11.6 Å². The molecule has 2 heterocycles. The molecule has 42 heavy (non-hydrogen) atoms. The van der Waals surface area contributed by atoms with Gasteiger partial charge in [-0.1, -0.05) is 48.5 Å². The molecule has 0 spiro atoms. The molecule has 3 aromatic carbocycles. The number of nitrogens with zero attached hydrogens (tertiary/aromatic N) is 3. The van der Waals surface area contributed by atoms with Gasteiger partial charge in [-0.3, -0.25) is 9.59 Å². The van der Waals surface area contributed by atoms with E-state index in [1.165, 1.54) is 17.5 Å². The van der Waals surface area contributed by atoms with Crippen molar-refractivity contribution in [2.24, 2.45) is 0 Å². The van der Waals surface area contributed by atoms with Crippen molar-refractivity contribution in [3.05, 3.63) is 107 Å². The normalized spacial score (nSPS) is 15.8. The molecule has 2 amide bonds. The highest BCUT2D eigenvalue weighted by molar-refractivity contribution is 6.06. The summed E-state index contributed by atoms with van der Waals surface area (Å²) in [5.74, 6) is 0.166. The number of carbonyl (C=O) groups excluding carboxylic acids is 2. The van der Waals surface area contributed by atoms with Crippen LogP contribution in [0.4, 0.5) is 17.1 Å². The molecule has 1 aliphatic heterocycles. The second-order valence-corrected chi connectivity index (χ2v) is 10.9. The summed E-state index contributed by atoms with van der Waals surface area (Å²) < 4.78 is 5.53. The predicted octanol–water partition coefficient (Wildman–Crippen LogP) is 4.90. The standard InChI is InChI=1S/C33H35N5O4/c1-22-7-5-6-10-28(22)37-15-17-38(18-16-37)29-14-13-25(31(40)34-20-30(39)23-8-3-2-4-9-23)19-26(29)35-32(41)27-21-42-33(36-27)24-11-12-24/h2-10,13-14,19,21,24,30,39H,11-12,15-18,20H2,1H3,(H,34,40)(H,35,41)/t30-/m1/s1. The first kappa shape index (κ1) is 27.5. The number of hydrogen-bond acceptors (Lipinski definition) is 7. The SMILES string of the molecule is Cc1ccccc1N1CCN(c2ccc(C(=O)NC[C@@H](O)c3ccccc3)cc2NC(=O)c2coc(C3CC3)n2)CC1. The van der Waals surface area contributed by atoms with Crippen LogP contribution in [0.1, 0.15) is 62.7 Å². The number of aromatic nitrogens is 1. The number of benzene rings is 3. The van der Waals surface area contributed by atoms with E-state index in [2.05, 4.69) is 50.5 Å². The smallest absolute Gasteiger partial charge is 0.277 e. The van der Waals surface area contributed by atoms with Gasteiger partial charge in [-0.25, -0.2) is 4.98 Å². The molecule has 1 aromatic heterocycles. The first-order chi connectivity index (χ1) is 20.5. The Kier molecular flexibility index (Phi) is 7.92. The van der Waals surface area contributed by atoms with Crippen molar-refractivity contribution in [3.8, 4) is 0 Å². The van der Waals surface area contributed by atoms with Crippen LogP contribution in [0.5, 0.6) is 0 Å². The lowest BCUT2D eigenvalue weighted by molar-refractivity contribution is 0.0915. The van der Waals surface area contributed by atoms with Crippen LogP contribution in [0.2, 0.25) is 0 Å². The van der Waals surface area contributed by atoms with E-state index in [0.29, 0.717) is 23.1 Å². The Labute approximate surface area is 245 Å². The number of anilines is 3. The topological polar surface area (TPSA) is 111 Å². The van der Waals surface area contributed by atoms with Gasteiger partial charge in [-0.2, -0.15) is 0 Å². The lowest BCUT2D eigenvalue weighted by Gasteiger charge is -2.38. The maximum atomic E-state index is 13.2. The minimum Gasteiger partial charge on any atom is -0.448 e. The number of oxazole rings is 1. The van der Waals surface area contributed by atoms with E-state index in [-0.39, 0.29) is 24.1 Å². The van der Waals surface area contributed by atoms with Crippen LogP contribution in [0.25, 0.3) is 0 Å². The van der Waals surface area contributed by atoms with Crippen molar-refractivity contribution in [3.63, 3.8) is 0 Å². The van der Waals surface area contributed by atoms with Crippen molar-refractivity contribution < 1.29 is 19.1 Å². The van der Waals surface area contributed by atoms with E-state index in [4.69, 9.17) is 4.42 Å². The zero-order chi connectivity index (χ0) is 29.1. The van der Waals surface area contributed by atoms with Crippen molar-refractivity contribution in [2.75, 3.05) is 47.8 Å². The van der Waals surface area contributed by atoms with Crippen LogP contribution in [0.15, 0.2) is 83.5 Å². The van der Waals surface area contributed by atoms with E-state index in [1.807, 2.05) is 42.5 Å². The Morgan fingerprint density at radius 3 is 2.33 bits per heavy atom. The molecule has 9 heteroatoms. The Morgan fingerprint density at radius 2 is 1.62 bits per heavy atom. The summed E-state index contributed by atoms with van der Waals surface area (Å²) in [5, 5.41) is 16.3. The second kappa shape index (κ2) is 12.1. The largest absolute Gasteiger partial charge is 0.448 e. The number of amides is 2. The van der Waals surface area contributed by atoms with E-state index < -0.39 is 6.10 Å². The van der Waals surface area contributed by atoms with Crippen LogP contribution in [0, 0.1) is 6.92 Å². The van der Waals surface area contributed by atoms with Crippen LogP contribution in [0.3, 0.4) is 0 Å². The molecule has 9 nitrogen and oxygen atoms in total. The summed E-state index contributed by atoms with van der Waals surface area (Å²) in [4.78, 5) is 35.3. The Morgan fingerprint density at radius 1 is 0.929 bits per heavy atom.